The summed E-state index contributed by atoms with van der Waals surface area (Å²) in [6.45, 7) is 4.02. The molecule has 1 heterocycles. The van der Waals surface area contributed by atoms with Gasteiger partial charge in [-0.1, -0.05) is 23.2 Å². The number of benzene rings is 1. The van der Waals surface area contributed by atoms with Crippen molar-refractivity contribution < 1.29 is 9.90 Å². The molecule has 0 aliphatic heterocycles. The van der Waals surface area contributed by atoms with Crippen LogP contribution in [0.5, 0.6) is 5.75 Å². The number of nitrogens with zero attached hydrogens (tertiary/aromatic N) is 2. The Morgan fingerprint density at radius 2 is 1.79 bits per heavy atom. The van der Waals surface area contributed by atoms with Gasteiger partial charge in [-0.05, 0) is 37.3 Å². The van der Waals surface area contributed by atoms with Crippen LogP contribution in [0.4, 0.5) is 0 Å². The number of amides is 1. The Morgan fingerprint density at radius 1 is 1.14 bits per heavy atom. The van der Waals surface area contributed by atoms with Crippen molar-refractivity contribution in [3.63, 3.8) is 0 Å². The number of guanidine groups is 1. The van der Waals surface area contributed by atoms with E-state index in [1.807, 2.05) is 14.0 Å². The molecule has 0 spiro atoms. The molecule has 0 saturated heterocycles. The van der Waals surface area contributed by atoms with Gasteiger partial charge in [0.2, 0.25) is 0 Å². The van der Waals surface area contributed by atoms with Crippen LogP contribution < -0.4 is 16.0 Å². The molecule has 0 aliphatic carbocycles. The number of nitrogens with one attached hydrogen (secondary N) is 3. The minimum atomic E-state index is -0.202. The van der Waals surface area contributed by atoms with E-state index < -0.39 is 0 Å². The van der Waals surface area contributed by atoms with Crippen LogP contribution in [0.15, 0.2) is 35.3 Å². The van der Waals surface area contributed by atoms with E-state index in [2.05, 4.69) is 20.9 Å². The normalized spacial score (nSPS) is 10.9. The number of aliphatic imine (C=N–C) groups is 1. The van der Waals surface area contributed by atoms with E-state index in [0.29, 0.717) is 47.9 Å². The second-order valence-corrected chi connectivity index (χ2v) is 6.52. The van der Waals surface area contributed by atoms with Gasteiger partial charge in [-0.25, -0.2) is 4.99 Å². The number of carbonyl (C=O) groups is 1. The lowest BCUT2D eigenvalue weighted by molar-refractivity contribution is 0.0954. The molecule has 28 heavy (non-hydrogen) atoms. The smallest absolute Gasteiger partial charge is 0.251 e. The van der Waals surface area contributed by atoms with Gasteiger partial charge in [0, 0.05) is 37.9 Å². The van der Waals surface area contributed by atoms with Crippen LogP contribution in [-0.4, -0.2) is 41.2 Å². The molecule has 0 fully saturated rings. The monoisotopic (exact) mass is 539 g/mol. The molecule has 0 unspecified atom stereocenters. The van der Waals surface area contributed by atoms with Crippen LogP contribution >= 0.6 is 47.2 Å². The summed E-state index contributed by atoms with van der Waals surface area (Å²) in [6, 6.07) is 7.88. The summed E-state index contributed by atoms with van der Waals surface area (Å²) in [5.74, 6) is 0.553. The number of carbonyl (C=O) groups excluding carboxylic acids is 1. The van der Waals surface area contributed by atoms with Crippen molar-refractivity contribution in [2.24, 2.45) is 12.0 Å². The zero-order valence-corrected chi connectivity index (χ0v) is 19.5. The second kappa shape index (κ2) is 12.0. The van der Waals surface area contributed by atoms with Crippen LogP contribution in [-0.2, 0) is 13.6 Å². The molecule has 2 rings (SSSR count). The second-order valence-electron chi connectivity index (χ2n) is 5.76. The summed E-state index contributed by atoms with van der Waals surface area (Å²) in [7, 11) is 1.83. The highest BCUT2D eigenvalue weighted by atomic mass is 127. The molecule has 0 aliphatic rings. The molecule has 2 aromatic rings. The van der Waals surface area contributed by atoms with Crippen LogP contribution in [0, 0.1) is 0 Å². The zero-order valence-electron chi connectivity index (χ0n) is 15.6. The Morgan fingerprint density at radius 3 is 2.36 bits per heavy atom. The van der Waals surface area contributed by atoms with Gasteiger partial charge in [-0.3, -0.25) is 4.79 Å². The van der Waals surface area contributed by atoms with E-state index in [1.54, 1.807) is 22.8 Å². The number of rotatable bonds is 7. The maximum Gasteiger partial charge on any atom is 0.251 e. The number of aromatic hydroxyl groups is 1. The zero-order chi connectivity index (χ0) is 19.8. The van der Waals surface area contributed by atoms with Crippen LogP contribution in [0.2, 0.25) is 10.2 Å². The van der Waals surface area contributed by atoms with Gasteiger partial charge >= 0.3 is 0 Å². The summed E-state index contributed by atoms with van der Waals surface area (Å²) in [6.07, 6.45) is 0. The quantitative estimate of drug-likeness (QED) is 0.188. The van der Waals surface area contributed by atoms with Crippen molar-refractivity contribution in [1.82, 2.24) is 20.5 Å². The fourth-order valence-corrected chi connectivity index (χ4v) is 2.73. The van der Waals surface area contributed by atoms with E-state index in [0.717, 1.165) is 5.69 Å². The lowest BCUT2D eigenvalue weighted by Gasteiger charge is -2.12. The Hall–Kier alpha value is -1.65. The molecule has 10 heteroatoms. The van der Waals surface area contributed by atoms with E-state index in [4.69, 9.17) is 23.2 Å². The molecule has 1 aromatic heterocycles. The molecular weight excluding hydrogens is 516 g/mol. The number of hydrogen-bond acceptors (Lipinski definition) is 3. The van der Waals surface area contributed by atoms with E-state index in [-0.39, 0.29) is 35.6 Å². The Bertz CT molecular complexity index is 809. The number of phenolic OH excluding ortho intramolecular Hbond substituents is 1. The summed E-state index contributed by atoms with van der Waals surface area (Å²) in [5.41, 5.74) is 1.38. The van der Waals surface area contributed by atoms with E-state index >= 15 is 0 Å². The third kappa shape index (κ3) is 7.06. The highest BCUT2D eigenvalue weighted by Crippen LogP contribution is 2.25. The van der Waals surface area contributed by atoms with Gasteiger partial charge in [-0.2, -0.15) is 0 Å². The van der Waals surface area contributed by atoms with E-state index in [9.17, 15) is 9.90 Å². The summed E-state index contributed by atoms with van der Waals surface area (Å²) < 4.78 is 1.79. The summed E-state index contributed by atoms with van der Waals surface area (Å²) in [5, 5.41) is 19.3. The highest BCUT2D eigenvalue weighted by molar-refractivity contribution is 14.0. The molecule has 0 atom stereocenters. The third-order valence-electron chi connectivity index (χ3n) is 3.79. The molecule has 0 bridgehead atoms. The fourth-order valence-electron chi connectivity index (χ4n) is 2.31. The lowest BCUT2D eigenvalue weighted by Crippen LogP contribution is -2.41. The Balaban J connectivity index is 0.00000392. The Kier molecular flexibility index (Phi) is 10.5. The lowest BCUT2D eigenvalue weighted by atomic mass is 10.2. The van der Waals surface area contributed by atoms with Gasteiger partial charge < -0.3 is 25.6 Å². The number of hydrogen-bond donors (Lipinski definition) is 4. The van der Waals surface area contributed by atoms with Crippen LogP contribution in [0.25, 0.3) is 0 Å². The first-order chi connectivity index (χ1) is 12.9. The molecule has 1 aromatic carbocycles. The number of halogens is 3. The number of aromatic nitrogens is 1. The van der Waals surface area contributed by atoms with E-state index in [1.165, 1.54) is 12.1 Å². The first kappa shape index (κ1) is 24.4. The SMILES string of the molecule is CCNC(=NCc1cc(Cl)c(Cl)n1C)NCCNC(=O)c1ccc(O)cc1.I. The first-order valence-electron chi connectivity index (χ1n) is 8.51. The average Bonchev–Trinajstić information content (AvgIpc) is 2.90. The largest absolute Gasteiger partial charge is 0.508 e. The van der Waals surface area contributed by atoms with Crippen LogP contribution in [0.1, 0.15) is 23.0 Å². The van der Waals surface area contributed by atoms with Crippen molar-refractivity contribution in [1.29, 1.82) is 0 Å². The van der Waals surface area contributed by atoms with Crippen molar-refractivity contribution in [3.05, 3.63) is 51.8 Å². The maximum atomic E-state index is 12.0. The van der Waals surface area contributed by atoms with Gasteiger partial charge in [0.15, 0.2) is 5.96 Å². The Labute approximate surface area is 191 Å². The molecule has 0 radical (unpaired) electrons. The summed E-state index contributed by atoms with van der Waals surface area (Å²) in [4.78, 5) is 16.5. The fraction of sp³-hybridized carbons (Fsp3) is 0.333. The topological polar surface area (TPSA) is 90.7 Å². The minimum absolute atomic E-state index is 0. The predicted molar refractivity (Wildman–Crippen MR) is 124 cm³/mol. The molecule has 154 valence electrons. The van der Waals surface area contributed by atoms with Crippen LogP contribution in [0.3, 0.4) is 0 Å². The van der Waals surface area contributed by atoms with Gasteiger partial charge in [-0.15, -0.1) is 24.0 Å². The van der Waals surface area contributed by atoms with Gasteiger partial charge in [0.05, 0.1) is 11.6 Å². The number of phenols is 1. The molecule has 4 N–H and O–H groups in total. The van der Waals surface area contributed by atoms with Gasteiger partial charge in [0.1, 0.15) is 10.9 Å². The molecule has 1 amide bonds. The van der Waals surface area contributed by atoms with Crippen molar-refractivity contribution in [2.75, 3.05) is 19.6 Å². The standard InChI is InChI=1S/C18H23Cl2N5O2.HI/c1-3-21-18(24-11-13-10-15(19)16(20)25(13)2)23-9-8-22-17(27)12-4-6-14(26)7-5-12;/h4-7,10,26H,3,8-9,11H2,1-2H3,(H,22,27)(H2,21,23,24);1H. The average molecular weight is 540 g/mol. The van der Waals surface area contributed by atoms with Gasteiger partial charge in [0.25, 0.3) is 5.91 Å². The molecular formula is C18H24Cl2IN5O2. The highest BCUT2D eigenvalue weighted by Gasteiger charge is 2.09. The third-order valence-corrected chi connectivity index (χ3v) is 4.63. The van der Waals surface area contributed by atoms with Crippen molar-refractivity contribution in [3.8, 4) is 5.75 Å². The minimum Gasteiger partial charge on any atom is -0.508 e. The first-order valence-corrected chi connectivity index (χ1v) is 9.27. The predicted octanol–water partition coefficient (Wildman–Crippen LogP) is 3.14. The molecule has 0 saturated carbocycles. The maximum absolute atomic E-state index is 12.0. The molecule has 7 nitrogen and oxygen atoms in total. The van der Waals surface area contributed by atoms with Crippen molar-refractivity contribution >= 4 is 59.0 Å². The summed E-state index contributed by atoms with van der Waals surface area (Å²) >= 11 is 12.1. The van der Waals surface area contributed by atoms with Crippen molar-refractivity contribution in [2.45, 2.75) is 13.5 Å².